The van der Waals surface area contributed by atoms with Gasteiger partial charge in [0.05, 0.1) is 17.4 Å². The molecule has 206 valence electrons. The Morgan fingerprint density at radius 2 is 1.95 bits per heavy atom. The predicted octanol–water partition coefficient (Wildman–Crippen LogP) is 5.08. The lowest BCUT2D eigenvalue weighted by atomic mass is 9.98. The van der Waals surface area contributed by atoms with Gasteiger partial charge in [0.2, 0.25) is 11.8 Å². The number of aromatic nitrogens is 1. The number of anilines is 2. The zero-order valence-corrected chi connectivity index (χ0v) is 23.2. The standard InChI is InChI=1S/C30H31N5O4S/c1-3-24(36)34-15-7-8-19(17-34)32-28(37)27-26-25-23(13-14-31-29(25)40-27)35(30(38)33-26)22-12-11-21(16-18(22)2)39-20-9-5-4-6-10-20/h4-6,9-14,16,19,26-27H,3,7-8,15,17H2,1-2H3,(H,32,37)(H,33,38)/t19?,26?,27-/m0/s1. The molecule has 2 unspecified atom stereocenters. The highest BCUT2D eigenvalue weighted by molar-refractivity contribution is 8.01. The summed E-state index contributed by atoms with van der Waals surface area (Å²) in [7, 11) is 0. The van der Waals surface area contributed by atoms with Crippen LogP contribution in [0.15, 0.2) is 65.8 Å². The quantitative estimate of drug-likeness (QED) is 0.438. The molecule has 1 aromatic heterocycles. The Balaban J connectivity index is 1.22. The maximum absolute atomic E-state index is 13.6. The van der Waals surface area contributed by atoms with Crippen LogP contribution in [0.3, 0.4) is 0 Å². The van der Waals surface area contributed by atoms with Crippen LogP contribution in [-0.4, -0.2) is 52.1 Å². The first kappa shape index (κ1) is 26.2. The number of urea groups is 1. The van der Waals surface area contributed by atoms with E-state index in [-0.39, 0.29) is 23.9 Å². The fraction of sp³-hybridized carbons (Fsp3) is 0.333. The molecule has 4 heterocycles. The highest BCUT2D eigenvalue weighted by Gasteiger charge is 2.47. The Kier molecular flexibility index (Phi) is 7.10. The van der Waals surface area contributed by atoms with Crippen molar-refractivity contribution in [1.29, 1.82) is 0 Å². The van der Waals surface area contributed by atoms with Crippen LogP contribution in [0, 0.1) is 6.92 Å². The van der Waals surface area contributed by atoms with Gasteiger partial charge in [-0.25, -0.2) is 9.78 Å². The van der Waals surface area contributed by atoms with Crippen molar-refractivity contribution in [2.24, 2.45) is 0 Å². The third-order valence-electron chi connectivity index (χ3n) is 7.58. The molecule has 3 atom stereocenters. The summed E-state index contributed by atoms with van der Waals surface area (Å²) in [6.45, 7) is 5.03. The molecular formula is C30H31N5O4S. The second kappa shape index (κ2) is 10.8. The summed E-state index contributed by atoms with van der Waals surface area (Å²) in [6.07, 6.45) is 3.81. The van der Waals surface area contributed by atoms with E-state index in [0.717, 1.165) is 52.7 Å². The number of pyridine rings is 1. The van der Waals surface area contributed by atoms with Crippen LogP contribution in [0.4, 0.5) is 16.2 Å². The van der Waals surface area contributed by atoms with E-state index in [1.165, 1.54) is 11.8 Å². The topological polar surface area (TPSA) is 104 Å². The second-order valence-electron chi connectivity index (χ2n) is 10.3. The number of ether oxygens (including phenoxy) is 1. The number of piperidine rings is 1. The summed E-state index contributed by atoms with van der Waals surface area (Å²) in [5.41, 5.74) is 3.17. The zero-order chi connectivity index (χ0) is 27.8. The number of hydrogen-bond donors (Lipinski definition) is 2. The van der Waals surface area contributed by atoms with Crippen molar-refractivity contribution in [3.05, 3.63) is 71.9 Å². The number of carbonyl (C=O) groups excluding carboxylic acids is 3. The molecule has 0 radical (unpaired) electrons. The van der Waals surface area contributed by atoms with E-state index >= 15 is 0 Å². The van der Waals surface area contributed by atoms with Crippen LogP contribution in [-0.2, 0) is 9.59 Å². The minimum atomic E-state index is -0.547. The number of likely N-dealkylation sites (tertiary alicyclic amines) is 1. The number of nitrogens with one attached hydrogen (secondary N) is 2. The van der Waals surface area contributed by atoms with Crippen LogP contribution in [0.2, 0.25) is 0 Å². The Morgan fingerprint density at radius 3 is 2.73 bits per heavy atom. The number of carbonyl (C=O) groups is 3. The lowest BCUT2D eigenvalue weighted by Crippen LogP contribution is -2.53. The molecule has 3 aliphatic heterocycles. The van der Waals surface area contributed by atoms with Crippen molar-refractivity contribution in [1.82, 2.24) is 20.5 Å². The van der Waals surface area contributed by atoms with Gasteiger partial charge in [0.15, 0.2) is 0 Å². The first-order valence-corrected chi connectivity index (χ1v) is 14.5. The van der Waals surface area contributed by atoms with E-state index in [9.17, 15) is 14.4 Å². The number of hydrogen-bond acceptors (Lipinski definition) is 6. The van der Waals surface area contributed by atoms with E-state index in [0.29, 0.717) is 18.7 Å². The van der Waals surface area contributed by atoms with Crippen molar-refractivity contribution in [2.45, 2.75) is 55.5 Å². The summed E-state index contributed by atoms with van der Waals surface area (Å²) in [5, 5.41) is 6.41. The first-order valence-electron chi connectivity index (χ1n) is 13.6. The molecule has 3 aromatic rings. The Morgan fingerprint density at radius 1 is 1.12 bits per heavy atom. The number of amides is 4. The third-order valence-corrected chi connectivity index (χ3v) is 8.86. The van der Waals surface area contributed by atoms with E-state index in [1.54, 1.807) is 11.1 Å². The largest absolute Gasteiger partial charge is 0.457 e. The molecule has 10 heteroatoms. The van der Waals surface area contributed by atoms with E-state index in [2.05, 4.69) is 15.6 Å². The van der Waals surface area contributed by atoms with Crippen molar-refractivity contribution in [2.75, 3.05) is 18.0 Å². The van der Waals surface area contributed by atoms with Gasteiger partial charge in [-0.1, -0.05) is 36.9 Å². The lowest BCUT2D eigenvalue weighted by Gasteiger charge is -2.36. The Bertz CT molecular complexity index is 1470. The molecule has 0 spiro atoms. The molecule has 9 nitrogen and oxygen atoms in total. The van der Waals surface area contributed by atoms with Gasteiger partial charge in [-0.05, 0) is 61.7 Å². The number of thioether (sulfide) groups is 1. The van der Waals surface area contributed by atoms with Crippen molar-refractivity contribution >= 4 is 41.0 Å². The van der Waals surface area contributed by atoms with Gasteiger partial charge in [0.25, 0.3) is 0 Å². The van der Waals surface area contributed by atoms with E-state index in [1.807, 2.05) is 73.3 Å². The highest BCUT2D eigenvalue weighted by atomic mass is 32.2. The summed E-state index contributed by atoms with van der Waals surface area (Å²) >= 11 is 1.37. The minimum absolute atomic E-state index is 0.102. The van der Waals surface area contributed by atoms with Crippen LogP contribution in [0.25, 0.3) is 0 Å². The second-order valence-corrected chi connectivity index (χ2v) is 11.4. The highest BCUT2D eigenvalue weighted by Crippen LogP contribution is 2.51. The van der Waals surface area contributed by atoms with Gasteiger partial charge in [-0.15, -0.1) is 0 Å². The molecule has 40 heavy (non-hydrogen) atoms. The number of aryl methyl sites for hydroxylation is 1. The van der Waals surface area contributed by atoms with Gasteiger partial charge in [-0.2, -0.15) is 0 Å². The molecule has 4 amide bonds. The molecule has 0 aliphatic carbocycles. The molecular weight excluding hydrogens is 526 g/mol. The average molecular weight is 558 g/mol. The average Bonchev–Trinajstić information content (AvgIpc) is 3.33. The van der Waals surface area contributed by atoms with Gasteiger partial charge in [0.1, 0.15) is 21.8 Å². The third kappa shape index (κ3) is 4.88. The van der Waals surface area contributed by atoms with Crippen molar-refractivity contribution in [3.8, 4) is 11.5 Å². The molecule has 2 aromatic carbocycles. The van der Waals surface area contributed by atoms with Crippen molar-refractivity contribution < 1.29 is 19.1 Å². The first-order chi connectivity index (χ1) is 19.4. The van der Waals surface area contributed by atoms with Gasteiger partial charge in [-0.3, -0.25) is 14.5 Å². The molecule has 1 saturated heterocycles. The summed E-state index contributed by atoms with van der Waals surface area (Å²) in [6, 6.07) is 16.1. The number of benzene rings is 2. The van der Waals surface area contributed by atoms with Crippen LogP contribution in [0.5, 0.6) is 11.5 Å². The summed E-state index contributed by atoms with van der Waals surface area (Å²) in [5.74, 6) is 1.36. The minimum Gasteiger partial charge on any atom is -0.457 e. The predicted molar refractivity (Wildman–Crippen MR) is 153 cm³/mol. The van der Waals surface area contributed by atoms with Crippen LogP contribution in [0.1, 0.15) is 43.4 Å². The summed E-state index contributed by atoms with van der Waals surface area (Å²) < 4.78 is 5.97. The van der Waals surface area contributed by atoms with E-state index < -0.39 is 11.3 Å². The fourth-order valence-corrected chi connectivity index (χ4v) is 6.90. The fourth-order valence-electron chi connectivity index (χ4n) is 5.66. The van der Waals surface area contributed by atoms with Crippen LogP contribution >= 0.6 is 11.8 Å². The Labute approximate surface area is 237 Å². The summed E-state index contributed by atoms with van der Waals surface area (Å²) in [4.78, 5) is 47.3. The number of nitrogens with zero attached hydrogens (tertiary/aromatic N) is 3. The SMILES string of the molecule is CCC(=O)N1CCCC(NC(=O)[C@H]2Sc3nccc4c3C2NC(=O)N4c2ccc(Oc3ccccc3)cc2C)C1. The number of para-hydroxylation sites is 1. The molecule has 1 fully saturated rings. The molecule has 2 N–H and O–H groups in total. The van der Waals surface area contributed by atoms with E-state index in [4.69, 9.17) is 4.74 Å². The molecule has 6 rings (SSSR count). The maximum Gasteiger partial charge on any atom is 0.327 e. The van der Waals surface area contributed by atoms with Gasteiger partial charge in [0, 0.05) is 37.3 Å². The normalized spacial score (nSPS) is 21.4. The Hall–Kier alpha value is -4.05. The molecule has 0 bridgehead atoms. The lowest BCUT2D eigenvalue weighted by molar-refractivity contribution is -0.133. The number of rotatable bonds is 6. The maximum atomic E-state index is 13.6. The van der Waals surface area contributed by atoms with Crippen molar-refractivity contribution in [3.63, 3.8) is 0 Å². The molecule has 3 aliphatic rings. The smallest absolute Gasteiger partial charge is 0.327 e. The zero-order valence-electron chi connectivity index (χ0n) is 22.4. The molecule has 0 saturated carbocycles. The van der Waals surface area contributed by atoms with Crippen LogP contribution < -0.4 is 20.3 Å². The monoisotopic (exact) mass is 557 g/mol. The van der Waals surface area contributed by atoms with Gasteiger partial charge >= 0.3 is 6.03 Å². The van der Waals surface area contributed by atoms with Gasteiger partial charge < -0.3 is 20.3 Å².